The van der Waals surface area contributed by atoms with E-state index in [2.05, 4.69) is 267 Å². The van der Waals surface area contributed by atoms with Gasteiger partial charge in [0, 0.05) is 33.0 Å². The van der Waals surface area contributed by atoms with Crippen molar-refractivity contribution in [2.24, 2.45) is 0 Å². The van der Waals surface area contributed by atoms with Crippen LogP contribution >= 0.6 is 0 Å². The Kier molecular flexibility index (Phi) is 11.2. The molecule has 0 amide bonds. The van der Waals surface area contributed by atoms with E-state index >= 15 is 0 Å². The van der Waals surface area contributed by atoms with Crippen molar-refractivity contribution >= 4 is 21.9 Å². The van der Waals surface area contributed by atoms with E-state index in [4.69, 9.17) is 14.4 Å². The predicted octanol–water partition coefficient (Wildman–Crippen LogP) is 19.0. The number of aromatic nitrogens is 2. The van der Waals surface area contributed by atoms with Crippen molar-refractivity contribution in [3.05, 3.63) is 279 Å². The summed E-state index contributed by atoms with van der Waals surface area (Å²) in [7, 11) is 0. The summed E-state index contributed by atoms with van der Waals surface area (Å²) >= 11 is 0. The summed E-state index contributed by atoms with van der Waals surface area (Å²) in [5.74, 6) is 0.656. The first-order chi connectivity index (χ1) is 36.1. The Morgan fingerprint density at radius 2 is 0.562 bits per heavy atom. The second kappa shape index (κ2) is 18.9. The molecule has 342 valence electrons. The monoisotopic (exact) mass is 930 g/mol. The molecule has 0 bridgehead atoms. The van der Waals surface area contributed by atoms with Gasteiger partial charge in [-0.1, -0.05) is 231 Å². The third-order valence-electron chi connectivity index (χ3n) is 13.9. The fourth-order valence-corrected chi connectivity index (χ4v) is 10.1. The van der Waals surface area contributed by atoms with Gasteiger partial charge in [0.1, 0.15) is 11.2 Å². The molecule has 3 heteroatoms. The first-order valence-electron chi connectivity index (χ1n) is 24.8. The Morgan fingerprint density at radius 3 is 1.11 bits per heavy atom. The number of fused-ring (bicyclic) bond motifs is 3. The predicted molar refractivity (Wildman–Crippen MR) is 304 cm³/mol. The molecular weight excluding hydrogens is 885 g/mol. The molecule has 0 aliphatic carbocycles. The second-order valence-corrected chi connectivity index (χ2v) is 18.5. The average molecular weight is 931 g/mol. The average Bonchev–Trinajstić information content (AvgIpc) is 3.87. The van der Waals surface area contributed by atoms with Crippen LogP contribution < -0.4 is 0 Å². The number of rotatable bonds is 10. The zero-order valence-corrected chi connectivity index (χ0v) is 39.9. The Morgan fingerprint density at radius 1 is 0.219 bits per heavy atom. The van der Waals surface area contributed by atoms with Gasteiger partial charge in [-0.3, -0.25) is 0 Å². The van der Waals surface area contributed by atoms with E-state index in [1.807, 2.05) is 12.1 Å². The van der Waals surface area contributed by atoms with E-state index < -0.39 is 0 Å². The minimum atomic E-state index is 0.656. The molecule has 2 aromatic heterocycles. The van der Waals surface area contributed by atoms with Gasteiger partial charge in [0.15, 0.2) is 5.82 Å². The van der Waals surface area contributed by atoms with Gasteiger partial charge >= 0.3 is 0 Å². The lowest BCUT2D eigenvalue weighted by atomic mass is 9.95. The summed E-state index contributed by atoms with van der Waals surface area (Å²) in [6.07, 6.45) is 0. The minimum absolute atomic E-state index is 0.656. The van der Waals surface area contributed by atoms with E-state index in [1.54, 1.807) is 0 Å². The van der Waals surface area contributed by atoms with Crippen LogP contribution in [-0.2, 0) is 0 Å². The topological polar surface area (TPSA) is 38.9 Å². The van der Waals surface area contributed by atoms with Gasteiger partial charge in [-0.05, 0) is 121 Å². The van der Waals surface area contributed by atoms with Gasteiger partial charge in [-0.25, -0.2) is 9.97 Å². The zero-order chi connectivity index (χ0) is 48.5. The Hall–Kier alpha value is -9.70. The number of furan rings is 1. The van der Waals surface area contributed by atoms with Gasteiger partial charge in [-0.15, -0.1) is 0 Å². The van der Waals surface area contributed by atoms with Gasteiger partial charge in [0.25, 0.3) is 0 Å². The molecular formula is C70H46N2O. The van der Waals surface area contributed by atoms with Crippen LogP contribution in [0.1, 0.15) is 0 Å². The second-order valence-electron chi connectivity index (χ2n) is 18.5. The maximum Gasteiger partial charge on any atom is 0.160 e. The van der Waals surface area contributed by atoms with Crippen molar-refractivity contribution < 1.29 is 4.42 Å². The van der Waals surface area contributed by atoms with Crippen molar-refractivity contribution in [2.75, 3.05) is 0 Å². The molecule has 0 aliphatic heterocycles. The number of para-hydroxylation sites is 2. The van der Waals surface area contributed by atoms with E-state index in [0.717, 1.165) is 94.5 Å². The lowest BCUT2D eigenvalue weighted by Gasteiger charge is -2.13. The molecule has 11 aromatic carbocycles. The maximum absolute atomic E-state index is 6.46. The van der Waals surface area contributed by atoms with Gasteiger partial charge in [0.05, 0.1) is 11.4 Å². The number of nitrogens with zero attached hydrogens (tertiary/aromatic N) is 2. The highest BCUT2D eigenvalue weighted by atomic mass is 16.3. The molecule has 0 atom stereocenters. The van der Waals surface area contributed by atoms with Crippen LogP contribution in [0.3, 0.4) is 0 Å². The standard InChI is InChI=1S/C70H46N2O/c1-3-16-47(17-4-1)51-20-9-23-54(40-51)55-24-11-22-53(42-55)49-36-38-50(39-37-49)66-46-67(61-30-13-27-58(44-61)56-25-10-21-52(41-56)48-18-5-2-6-19-48)72-70(71-66)62-31-14-28-59(45-62)57-26-12-29-60(43-57)63-33-15-34-65-64-32-7-8-35-68(64)73-69(63)65/h1-46H. The van der Waals surface area contributed by atoms with Crippen LogP contribution in [-0.4, -0.2) is 9.97 Å². The molecule has 0 fully saturated rings. The van der Waals surface area contributed by atoms with Crippen molar-refractivity contribution in [2.45, 2.75) is 0 Å². The number of hydrogen-bond acceptors (Lipinski definition) is 3. The quantitative estimate of drug-likeness (QED) is 0.137. The summed E-state index contributed by atoms with van der Waals surface area (Å²) < 4.78 is 6.46. The van der Waals surface area contributed by atoms with Crippen LogP contribution in [0.5, 0.6) is 0 Å². The molecule has 3 nitrogen and oxygen atoms in total. The smallest absolute Gasteiger partial charge is 0.160 e. The normalized spacial score (nSPS) is 11.3. The van der Waals surface area contributed by atoms with Crippen LogP contribution in [0, 0.1) is 0 Å². The summed E-state index contributed by atoms with van der Waals surface area (Å²) in [6.45, 7) is 0. The van der Waals surface area contributed by atoms with Crippen LogP contribution in [0.2, 0.25) is 0 Å². The number of hydrogen-bond donors (Lipinski definition) is 0. The maximum atomic E-state index is 6.46. The van der Waals surface area contributed by atoms with E-state index in [0.29, 0.717) is 5.82 Å². The Labute approximate surface area is 425 Å². The van der Waals surface area contributed by atoms with Gasteiger partial charge < -0.3 is 4.42 Å². The van der Waals surface area contributed by atoms with Gasteiger partial charge in [0.2, 0.25) is 0 Å². The molecule has 0 aliphatic rings. The van der Waals surface area contributed by atoms with E-state index in [9.17, 15) is 0 Å². The zero-order valence-electron chi connectivity index (χ0n) is 39.9. The van der Waals surface area contributed by atoms with E-state index in [1.165, 1.54) is 33.4 Å². The lowest BCUT2D eigenvalue weighted by molar-refractivity contribution is 0.670. The molecule has 0 spiro atoms. The molecule has 0 unspecified atom stereocenters. The molecule has 0 N–H and O–H groups in total. The molecule has 0 saturated heterocycles. The summed E-state index contributed by atoms with van der Waals surface area (Å²) in [6, 6.07) is 99.0. The van der Waals surface area contributed by atoms with E-state index in [-0.39, 0.29) is 0 Å². The van der Waals surface area contributed by atoms with Crippen molar-refractivity contribution in [3.63, 3.8) is 0 Å². The first-order valence-corrected chi connectivity index (χ1v) is 24.8. The minimum Gasteiger partial charge on any atom is -0.455 e. The van der Waals surface area contributed by atoms with Crippen molar-refractivity contribution in [1.82, 2.24) is 9.97 Å². The fraction of sp³-hybridized carbons (Fsp3) is 0. The molecule has 73 heavy (non-hydrogen) atoms. The Balaban J connectivity index is 0.874. The van der Waals surface area contributed by atoms with Crippen LogP contribution in [0.15, 0.2) is 283 Å². The molecule has 0 radical (unpaired) electrons. The fourth-order valence-electron chi connectivity index (χ4n) is 10.1. The van der Waals surface area contributed by atoms with Gasteiger partial charge in [-0.2, -0.15) is 0 Å². The van der Waals surface area contributed by atoms with Crippen molar-refractivity contribution in [3.8, 4) is 112 Å². The third kappa shape index (κ3) is 8.71. The summed E-state index contributed by atoms with van der Waals surface area (Å²) in [5, 5.41) is 2.24. The lowest BCUT2D eigenvalue weighted by Crippen LogP contribution is -1.96. The van der Waals surface area contributed by atoms with Crippen molar-refractivity contribution in [1.29, 1.82) is 0 Å². The molecule has 13 aromatic rings. The summed E-state index contributed by atoms with van der Waals surface area (Å²) in [4.78, 5) is 10.7. The molecule has 13 rings (SSSR count). The SMILES string of the molecule is c1ccc(-c2cccc(-c3cccc(-c4ccc(-c5cc(-c6cccc(-c7cccc(-c8ccccc8)c7)c6)nc(-c6cccc(-c7cccc(-c8cccc9c8oc8ccccc89)c7)c6)n5)cc4)c3)c2)cc1. The highest BCUT2D eigenvalue weighted by molar-refractivity contribution is 6.09. The van der Waals surface area contributed by atoms with Crippen LogP contribution in [0.4, 0.5) is 0 Å². The van der Waals surface area contributed by atoms with Crippen LogP contribution in [0.25, 0.3) is 134 Å². The molecule has 2 heterocycles. The highest BCUT2D eigenvalue weighted by Crippen LogP contribution is 2.39. The largest absolute Gasteiger partial charge is 0.455 e. The third-order valence-corrected chi connectivity index (χ3v) is 13.9. The Bertz CT molecular complexity index is 4140. The number of benzene rings is 11. The first kappa shape index (κ1) is 43.3. The molecule has 0 saturated carbocycles. The summed E-state index contributed by atoms with van der Waals surface area (Å²) in [5.41, 5.74) is 22.5. The highest BCUT2D eigenvalue weighted by Gasteiger charge is 2.16.